The third-order valence-electron chi connectivity index (χ3n) is 3.37. The first-order chi connectivity index (χ1) is 8.49. The van der Waals surface area contributed by atoms with Crippen LogP contribution in [0.15, 0.2) is 22.7 Å². The first-order valence-corrected chi connectivity index (χ1v) is 6.63. The molecule has 1 heterocycles. The van der Waals surface area contributed by atoms with Crippen molar-refractivity contribution in [1.29, 1.82) is 0 Å². The fourth-order valence-corrected chi connectivity index (χ4v) is 2.64. The number of hydrogen-bond acceptors (Lipinski definition) is 4. The number of nitro benzene ring substituents is 1. The maximum atomic E-state index is 11.1. The van der Waals surface area contributed by atoms with Gasteiger partial charge in [0.1, 0.15) is 5.69 Å². The SMILES string of the molecule is CN(C)C1CCN(c2ccc(Br)cc2[N+](=O)[O-])C1. The third-order valence-corrected chi connectivity index (χ3v) is 3.86. The van der Waals surface area contributed by atoms with Crippen molar-refractivity contribution in [3.8, 4) is 0 Å². The number of likely N-dealkylation sites (N-methyl/N-ethyl adjacent to an activating group) is 1. The van der Waals surface area contributed by atoms with Gasteiger partial charge in [0.2, 0.25) is 0 Å². The molecule has 18 heavy (non-hydrogen) atoms. The molecule has 1 fully saturated rings. The van der Waals surface area contributed by atoms with Crippen molar-refractivity contribution in [2.45, 2.75) is 12.5 Å². The van der Waals surface area contributed by atoms with Gasteiger partial charge in [0.15, 0.2) is 0 Å². The second kappa shape index (κ2) is 5.24. The normalized spacial score (nSPS) is 19.6. The lowest BCUT2D eigenvalue weighted by atomic mass is 10.2. The van der Waals surface area contributed by atoms with Gasteiger partial charge in [0, 0.05) is 29.7 Å². The molecule has 98 valence electrons. The molecule has 0 bridgehead atoms. The van der Waals surface area contributed by atoms with Gasteiger partial charge in [-0.2, -0.15) is 0 Å². The van der Waals surface area contributed by atoms with Gasteiger partial charge in [0.25, 0.3) is 5.69 Å². The Morgan fingerprint density at radius 1 is 1.50 bits per heavy atom. The Hall–Kier alpha value is -1.14. The highest BCUT2D eigenvalue weighted by Gasteiger charge is 2.28. The lowest BCUT2D eigenvalue weighted by Gasteiger charge is -2.21. The molecule has 1 atom stereocenters. The average molecular weight is 314 g/mol. The molecule has 0 N–H and O–H groups in total. The van der Waals surface area contributed by atoms with E-state index >= 15 is 0 Å². The summed E-state index contributed by atoms with van der Waals surface area (Å²) >= 11 is 3.28. The summed E-state index contributed by atoms with van der Waals surface area (Å²) in [6.07, 6.45) is 1.04. The van der Waals surface area contributed by atoms with Crippen LogP contribution in [0.2, 0.25) is 0 Å². The zero-order valence-electron chi connectivity index (χ0n) is 10.5. The lowest BCUT2D eigenvalue weighted by Crippen LogP contribution is -2.31. The van der Waals surface area contributed by atoms with E-state index in [2.05, 4.69) is 25.7 Å². The number of halogens is 1. The van der Waals surface area contributed by atoms with Crippen LogP contribution in [0.25, 0.3) is 0 Å². The van der Waals surface area contributed by atoms with Crippen molar-refractivity contribution in [2.24, 2.45) is 0 Å². The zero-order chi connectivity index (χ0) is 13.3. The van der Waals surface area contributed by atoms with Gasteiger partial charge >= 0.3 is 0 Å². The van der Waals surface area contributed by atoms with Gasteiger partial charge in [-0.1, -0.05) is 15.9 Å². The van der Waals surface area contributed by atoms with E-state index in [0.29, 0.717) is 11.7 Å². The quantitative estimate of drug-likeness (QED) is 0.635. The molecule has 0 aromatic heterocycles. The summed E-state index contributed by atoms with van der Waals surface area (Å²) in [5.74, 6) is 0. The molecule has 6 heteroatoms. The molecule has 1 saturated heterocycles. The van der Waals surface area contributed by atoms with E-state index in [1.165, 1.54) is 0 Å². The summed E-state index contributed by atoms with van der Waals surface area (Å²) in [6, 6.07) is 5.71. The number of nitrogens with zero attached hydrogens (tertiary/aromatic N) is 3. The van der Waals surface area contributed by atoms with E-state index in [1.807, 2.05) is 26.2 Å². The summed E-state index contributed by atoms with van der Waals surface area (Å²) in [6.45, 7) is 1.71. The minimum absolute atomic E-state index is 0.170. The summed E-state index contributed by atoms with van der Waals surface area (Å²) in [7, 11) is 4.09. The van der Waals surface area contributed by atoms with Crippen LogP contribution < -0.4 is 4.90 Å². The van der Waals surface area contributed by atoms with Gasteiger partial charge in [-0.25, -0.2) is 0 Å². The zero-order valence-corrected chi connectivity index (χ0v) is 12.1. The molecular formula is C12H16BrN3O2. The highest BCUT2D eigenvalue weighted by atomic mass is 79.9. The summed E-state index contributed by atoms with van der Waals surface area (Å²) < 4.78 is 0.737. The van der Waals surface area contributed by atoms with Crippen LogP contribution in [0, 0.1) is 10.1 Å². The Morgan fingerprint density at radius 2 is 2.22 bits per heavy atom. The molecule has 1 unspecified atom stereocenters. The topological polar surface area (TPSA) is 49.6 Å². The lowest BCUT2D eigenvalue weighted by molar-refractivity contribution is -0.384. The Balaban J connectivity index is 2.27. The minimum atomic E-state index is -0.316. The maximum absolute atomic E-state index is 11.1. The van der Waals surface area contributed by atoms with Crippen LogP contribution in [-0.2, 0) is 0 Å². The van der Waals surface area contributed by atoms with Crippen molar-refractivity contribution in [3.05, 3.63) is 32.8 Å². The van der Waals surface area contributed by atoms with Gasteiger partial charge < -0.3 is 9.80 Å². The Kier molecular flexibility index (Phi) is 3.87. The van der Waals surface area contributed by atoms with Gasteiger partial charge in [-0.3, -0.25) is 10.1 Å². The molecule has 5 nitrogen and oxygen atoms in total. The smallest absolute Gasteiger partial charge is 0.293 e. The fourth-order valence-electron chi connectivity index (χ4n) is 2.29. The van der Waals surface area contributed by atoms with E-state index in [4.69, 9.17) is 0 Å². The molecular weight excluding hydrogens is 298 g/mol. The van der Waals surface area contributed by atoms with Crippen LogP contribution in [0.1, 0.15) is 6.42 Å². The summed E-state index contributed by atoms with van der Waals surface area (Å²) in [4.78, 5) is 15.0. The van der Waals surface area contributed by atoms with Crippen LogP contribution in [-0.4, -0.2) is 43.0 Å². The van der Waals surface area contributed by atoms with E-state index in [0.717, 1.165) is 24.0 Å². The molecule has 0 saturated carbocycles. The molecule has 1 aliphatic heterocycles. The average Bonchev–Trinajstić information content (AvgIpc) is 2.78. The summed E-state index contributed by atoms with van der Waals surface area (Å²) in [5.41, 5.74) is 0.885. The molecule has 0 spiro atoms. The molecule has 1 aliphatic rings. The number of hydrogen-bond donors (Lipinski definition) is 0. The molecule has 1 aromatic rings. The largest absolute Gasteiger partial charge is 0.364 e. The number of rotatable bonds is 3. The minimum Gasteiger partial charge on any atom is -0.364 e. The number of anilines is 1. The molecule has 2 rings (SSSR count). The van der Waals surface area contributed by atoms with Crippen molar-refractivity contribution >= 4 is 27.3 Å². The van der Waals surface area contributed by atoms with E-state index < -0.39 is 0 Å². The van der Waals surface area contributed by atoms with Crippen molar-refractivity contribution < 1.29 is 4.92 Å². The van der Waals surface area contributed by atoms with Gasteiger partial charge in [-0.05, 0) is 32.6 Å². The van der Waals surface area contributed by atoms with E-state index in [1.54, 1.807) is 6.07 Å². The molecule has 0 amide bonds. The van der Waals surface area contributed by atoms with E-state index in [-0.39, 0.29) is 10.6 Å². The van der Waals surface area contributed by atoms with E-state index in [9.17, 15) is 10.1 Å². The number of benzene rings is 1. The third kappa shape index (κ3) is 2.64. The van der Waals surface area contributed by atoms with Crippen molar-refractivity contribution in [2.75, 3.05) is 32.1 Å². The standard InChI is InChI=1S/C12H16BrN3O2/c1-14(2)10-5-6-15(8-10)11-4-3-9(13)7-12(11)16(17)18/h3-4,7,10H,5-6,8H2,1-2H3. The first-order valence-electron chi connectivity index (χ1n) is 5.84. The summed E-state index contributed by atoms with van der Waals surface area (Å²) in [5, 5.41) is 11.1. The predicted molar refractivity (Wildman–Crippen MR) is 75.1 cm³/mol. The monoisotopic (exact) mass is 313 g/mol. The first kappa shape index (κ1) is 13.3. The van der Waals surface area contributed by atoms with Crippen LogP contribution in [0.5, 0.6) is 0 Å². The fraction of sp³-hybridized carbons (Fsp3) is 0.500. The Labute approximate surface area is 115 Å². The van der Waals surface area contributed by atoms with Crippen molar-refractivity contribution in [3.63, 3.8) is 0 Å². The molecule has 0 radical (unpaired) electrons. The highest BCUT2D eigenvalue weighted by molar-refractivity contribution is 9.10. The highest BCUT2D eigenvalue weighted by Crippen LogP contribution is 2.33. The van der Waals surface area contributed by atoms with Crippen molar-refractivity contribution in [1.82, 2.24) is 4.90 Å². The number of nitro groups is 1. The molecule has 0 aliphatic carbocycles. The van der Waals surface area contributed by atoms with Crippen LogP contribution in [0.3, 0.4) is 0 Å². The maximum Gasteiger partial charge on any atom is 0.293 e. The predicted octanol–water partition coefficient (Wildman–Crippen LogP) is 2.50. The Morgan fingerprint density at radius 3 is 2.78 bits per heavy atom. The molecule has 1 aromatic carbocycles. The van der Waals surface area contributed by atoms with Gasteiger partial charge in [-0.15, -0.1) is 0 Å². The Bertz CT molecular complexity index is 465. The van der Waals surface area contributed by atoms with Crippen LogP contribution in [0.4, 0.5) is 11.4 Å². The second-order valence-corrected chi connectivity index (χ2v) is 5.66. The second-order valence-electron chi connectivity index (χ2n) is 4.74. The van der Waals surface area contributed by atoms with Crippen LogP contribution >= 0.6 is 15.9 Å². The van der Waals surface area contributed by atoms with Gasteiger partial charge in [0.05, 0.1) is 4.92 Å².